The largest absolute Gasteiger partial charge is 0.323 e. The Morgan fingerprint density at radius 2 is 1.76 bits per heavy atom. The zero-order chi connectivity index (χ0) is 11.8. The molecule has 1 aromatic carbocycles. The highest BCUT2D eigenvalue weighted by Gasteiger charge is 2.35. The second-order valence-electron chi connectivity index (χ2n) is 5.34. The molecule has 1 aromatic rings. The standard InChI is InChI=1S/C14H21N3/c1-11-2-4-12(5-3-11)14(15)13-10-16-6-8-17(13)9-7-16/h2-5,13-14H,6-10,15H2,1H3. The smallest absolute Gasteiger partial charge is 0.0465 e. The first-order chi connectivity index (χ1) is 8.24. The molecular formula is C14H21N3. The molecule has 17 heavy (non-hydrogen) atoms. The molecule has 92 valence electrons. The molecule has 0 aromatic heterocycles. The second kappa shape index (κ2) is 4.41. The molecule has 3 nitrogen and oxygen atoms in total. The van der Waals surface area contributed by atoms with Gasteiger partial charge in [-0.2, -0.15) is 0 Å². The van der Waals surface area contributed by atoms with Gasteiger partial charge in [0.2, 0.25) is 0 Å². The first kappa shape index (κ1) is 11.2. The average molecular weight is 231 g/mol. The predicted molar refractivity (Wildman–Crippen MR) is 69.9 cm³/mol. The summed E-state index contributed by atoms with van der Waals surface area (Å²) in [6.45, 7) is 8.06. The van der Waals surface area contributed by atoms with Gasteiger partial charge in [0.15, 0.2) is 0 Å². The number of piperazine rings is 3. The molecule has 3 heterocycles. The molecule has 2 atom stereocenters. The van der Waals surface area contributed by atoms with Crippen molar-refractivity contribution in [3.63, 3.8) is 0 Å². The minimum atomic E-state index is 0.152. The summed E-state index contributed by atoms with van der Waals surface area (Å²) in [6.07, 6.45) is 0. The highest BCUT2D eigenvalue weighted by molar-refractivity contribution is 5.25. The summed E-state index contributed by atoms with van der Waals surface area (Å²) in [6, 6.07) is 9.33. The fraction of sp³-hybridized carbons (Fsp3) is 0.571. The van der Waals surface area contributed by atoms with Crippen LogP contribution in [0.15, 0.2) is 24.3 Å². The van der Waals surface area contributed by atoms with Gasteiger partial charge in [0.1, 0.15) is 0 Å². The fourth-order valence-corrected chi connectivity index (χ4v) is 3.01. The fourth-order valence-electron chi connectivity index (χ4n) is 3.01. The summed E-state index contributed by atoms with van der Waals surface area (Å²) in [7, 11) is 0. The van der Waals surface area contributed by atoms with E-state index in [-0.39, 0.29) is 6.04 Å². The number of fused-ring (bicyclic) bond motifs is 3. The van der Waals surface area contributed by atoms with E-state index in [0.29, 0.717) is 6.04 Å². The summed E-state index contributed by atoms with van der Waals surface area (Å²) < 4.78 is 0. The van der Waals surface area contributed by atoms with E-state index in [1.54, 1.807) is 0 Å². The molecule has 3 saturated heterocycles. The molecule has 4 rings (SSSR count). The Balaban J connectivity index is 1.77. The van der Waals surface area contributed by atoms with E-state index in [1.165, 1.54) is 37.3 Å². The maximum Gasteiger partial charge on any atom is 0.0465 e. The molecule has 0 spiro atoms. The summed E-state index contributed by atoms with van der Waals surface area (Å²) in [5, 5.41) is 0. The first-order valence-electron chi connectivity index (χ1n) is 6.52. The van der Waals surface area contributed by atoms with E-state index in [1.807, 2.05) is 0 Å². The van der Waals surface area contributed by atoms with Gasteiger partial charge in [-0.05, 0) is 12.5 Å². The lowest BCUT2D eigenvalue weighted by molar-refractivity contribution is 0.00214. The first-order valence-corrected chi connectivity index (χ1v) is 6.52. The van der Waals surface area contributed by atoms with Crippen molar-refractivity contribution in [3.05, 3.63) is 35.4 Å². The Hall–Kier alpha value is -0.900. The minimum Gasteiger partial charge on any atom is -0.323 e. The van der Waals surface area contributed by atoms with Crippen LogP contribution in [-0.4, -0.2) is 48.6 Å². The summed E-state index contributed by atoms with van der Waals surface area (Å²) in [5.41, 5.74) is 9.01. The Bertz CT molecular complexity index is 379. The van der Waals surface area contributed by atoms with Crippen molar-refractivity contribution in [2.45, 2.75) is 19.0 Å². The third-order valence-electron chi connectivity index (χ3n) is 4.20. The van der Waals surface area contributed by atoms with Gasteiger partial charge < -0.3 is 5.73 Å². The van der Waals surface area contributed by atoms with Gasteiger partial charge in [-0.15, -0.1) is 0 Å². The third kappa shape index (κ3) is 2.10. The Morgan fingerprint density at radius 3 is 2.29 bits per heavy atom. The molecule has 3 heteroatoms. The lowest BCUT2D eigenvalue weighted by Crippen LogP contribution is -2.63. The molecule has 2 bridgehead atoms. The minimum absolute atomic E-state index is 0.152. The molecule has 0 aliphatic carbocycles. The van der Waals surface area contributed by atoms with Crippen LogP contribution >= 0.6 is 0 Å². The summed E-state index contributed by atoms with van der Waals surface area (Å²) in [4.78, 5) is 5.10. The number of hydrogen-bond donors (Lipinski definition) is 1. The van der Waals surface area contributed by atoms with E-state index in [2.05, 4.69) is 41.0 Å². The average Bonchev–Trinajstić information content (AvgIpc) is 2.40. The van der Waals surface area contributed by atoms with Crippen LogP contribution in [-0.2, 0) is 0 Å². The molecule has 0 amide bonds. The van der Waals surface area contributed by atoms with Crippen LogP contribution in [0.25, 0.3) is 0 Å². The van der Waals surface area contributed by atoms with E-state index >= 15 is 0 Å². The number of hydrogen-bond acceptors (Lipinski definition) is 3. The second-order valence-corrected chi connectivity index (χ2v) is 5.34. The van der Waals surface area contributed by atoms with Gasteiger partial charge in [-0.1, -0.05) is 29.8 Å². The summed E-state index contributed by atoms with van der Waals surface area (Å²) >= 11 is 0. The van der Waals surface area contributed by atoms with E-state index in [9.17, 15) is 0 Å². The molecule has 0 saturated carbocycles. The molecule has 3 aliphatic heterocycles. The number of benzene rings is 1. The Kier molecular flexibility index (Phi) is 2.90. The van der Waals surface area contributed by atoms with Crippen LogP contribution in [0.2, 0.25) is 0 Å². The van der Waals surface area contributed by atoms with Crippen molar-refractivity contribution in [2.75, 3.05) is 32.7 Å². The number of nitrogens with two attached hydrogens (primary N) is 1. The van der Waals surface area contributed by atoms with Gasteiger partial charge >= 0.3 is 0 Å². The van der Waals surface area contributed by atoms with Crippen LogP contribution < -0.4 is 5.73 Å². The maximum absolute atomic E-state index is 6.44. The monoisotopic (exact) mass is 231 g/mol. The van der Waals surface area contributed by atoms with E-state index < -0.39 is 0 Å². The van der Waals surface area contributed by atoms with Crippen molar-refractivity contribution >= 4 is 0 Å². The zero-order valence-electron chi connectivity index (χ0n) is 10.5. The lowest BCUT2D eigenvalue weighted by Gasteiger charge is -2.49. The highest BCUT2D eigenvalue weighted by Crippen LogP contribution is 2.25. The summed E-state index contributed by atoms with van der Waals surface area (Å²) in [5.74, 6) is 0. The Morgan fingerprint density at radius 1 is 1.12 bits per heavy atom. The van der Waals surface area contributed by atoms with Gasteiger partial charge in [0.05, 0.1) is 0 Å². The van der Waals surface area contributed by atoms with Crippen molar-refractivity contribution < 1.29 is 0 Å². The van der Waals surface area contributed by atoms with Crippen molar-refractivity contribution in [1.82, 2.24) is 9.80 Å². The van der Waals surface area contributed by atoms with Crippen molar-refractivity contribution in [2.24, 2.45) is 5.73 Å². The quantitative estimate of drug-likeness (QED) is 0.824. The molecule has 0 radical (unpaired) electrons. The zero-order valence-corrected chi connectivity index (χ0v) is 10.5. The van der Waals surface area contributed by atoms with Gasteiger partial charge in [0, 0.05) is 44.8 Å². The van der Waals surface area contributed by atoms with Crippen LogP contribution in [0.5, 0.6) is 0 Å². The lowest BCUT2D eigenvalue weighted by atomic mass is 9.94. The normalized spacial score (nSPS) is 33.6. The molecular weight excluding hydrogens is 210 g/mol. The number of aryl methyl sites for hydroxylation is 1. The number of rotatable bonds is 2. The predicted octanol–water partition coefficient (Wildman–Crippen LogP) is 0.995. The van der Waals surface area contributed by atoms with Crippen molar-refractivity contribution in [3.8, 4) is 0 Å². The van der Waals surface area contributed by atoms with Crippen LogP contribution in [0.1, 0.15) is 17.2 Å². The SMILES string of the molecule is Cc1ccc(C(N)C2CN3CCN2CC3)cc1. The molecule has 2 N–H and O–H groups in total. The number of nitrogens with zero attached hydrogens (tertiary/aromatic N) is 2. The van der Waals surface area contributed by atoms with Gasteiger partial charge in [-0.25, -0.2) is 0 Å². The maximum atomic E-state index is 6.44. The topological polar surface area (TPSA) is 32.5 Å². The Labute approximate surface area is 103 Å². The van der Waals surface area contributed by atoms with Gasteiger partial charge in [-0.3, -0.25) is 9.80 Å². The van der Waals surface area contributed by atoms with Crippen LogP contribution in [0.3, 0.4) is 0 Å². The third-order valence-corrected chi connectivity index (χ3v) is 4.20. The van der Waals surface area contributed by atoms with E-state index in [0.717, 1.165) is 6.54 Å². The van der Waals surface area contributed by atoms with Crippen molar-refractivity contribution in [1.29, 1.82) is 0 Å². The molecule has 2 unspecified atom stereocenters. The van der Waals surface area contributed by atoms with Gasteiger partial charge in [0.25, 0.3) is 0 Å². The van der Waals surface area contributed by atoms with Crippen LogP contribution in [0, 0.1) is 6.92 Å². The van der Waals surface area contributed by atoms with Crippen LogP contribution in [0.4, 0.5) is 0 Å². The highest BCUT2D eigenvalue weighted by atomic mass is 15.3. The van der Waals surface area contributed by atoms with E-state index in [4.69, 9.17) is 5.73 Å². The molecule has 3 fully saturated rings. The molecule has 3 aliphatic rings.